The lowest BCUT2D eigenvalue weighted by molar-refractivity contribution is -0.146. The highest BCUT2D eigenvalue weighted by Crippen LogP contribution is 2.60. The van der Waals surface area contributed by atoms with Gasteiger partial charge in [0.05, 0.1) is 53.8 Å². The Balaban J connectivity index is 1.07. The third kappa shape index (κ3) is 6.00. The molecule has 10 nitrogen and oxygen atoms in total. The van der Waals surface area contributed by atoms with Crippen molar-refractivity contribution in [3.63, 3.8) is 0 Å². The number of rotatable bonds is 10. The molecule has 4 aromatic carbocycles. The molecule has 1 amide bonds. The van der Waals surface area contributed by atoms with Crippen molar-refractivity contribution in [1.82, 2.24) is 24.8 Å². The highest BCUT2D eigenvalue weighted by Gasteiger charge is 2.66. The van der Waals surface area contributed by atoms with E-state index < -0.39 is 31.6 Å². The van der Waals surface area contributed by atoms with Gasteiger partial charge in [0.1, 0.15) is 0 Å². The van der Waals surface area contributed by atoms with Gasteiger partial charge in [0.15, 0.2) is 5.60 Å². The summed E-state index contributed by atoms with van der Waals surface area (Å²) in [6.45, 7) is 5.86. The summed E-state index contributed by atoms with van der Waals surface area (Å²) in [5, 5.41) is 24.6. The third-order valence-electron chi connectivity index (χ3n) is 11.0. The van der Waals surface area contributed by atoms with Crippen LogP contribution in [0.1, 0.15) is 41.6 Å². The van der Waals surface area contributed by atoms with Gasteiger partial charge in [-0.2, -0.15) is 9.78 Å². The smallest absolute Gasteiger partial charge is 0.279 e. The number of aliphatic hydroxyl groups excluding tert-OH is 1. The number of hydrogen-bond donors (Lipinski definition) is 1. The summed E-state index contributed by atoms with van der Waals surface area (Å²) in [5.74, 6) is -0.974. The van der Waals surface area contributed by atoms with Gasteiger partial charge in [-0.05, 0) is 54.9 Å². The van der Waals surface area contributed by atoms with E-state index >= 15 is 4.11 Å². The number of nitrogens with zero attached hydrogens (tertiary/aromatic N) is 6. The molecule has 0 saturated carbocycles. The van der Waals surface area contributed by atoms with Crippen molar-refractivity contribution in [1.29, 1.82) is 0 Å². The van der Waals surface area contributed by atoms with Crippen LogP contribution in [0.5, 0.6) is 0 Å². The van der Waals surface area contributed by atoms with Gasteiger partial charge in [0.25, 0.3) is 11.5 Å². The number of aryl methyl sites for hydroxylation is 1. The Morgan fingerprint density at radius 1 is 0.962 bits per heavy atom. The van der Waals surface area contributed by atoms with Crippen LogP contribution in [0.2, 0.25) is 18.6 Å². The van der Waals surface area contributed by atoms with Crippen LogP contribution < -0.4 is 10.5 Å². The van der Waals surface area contributed by atoms with E-state index in [1.54, 1.807) is 34.9 Å². The molecule has 0 bridgehead atoms. The molecule has 1 unspecified atom stereocenters. The van der Waals surface area contributed by atoms with E-state index in [1.807, 2.05) is 110 Å². The van der Waals surface area contributed by atoms with Gasteiger partial charge in [-0.25, -0.2) is 0 Å². The Morgan fingerprint density at radius 2 is 1.72 bits per heavy atom. The second kappa shape index (κ2) is 13.6. The Hall–Kier alpha value is -5.30. The molecule has 1 saturated heterocycles. The molecule has 0 aliphatic carbocycles. The lowest BCUT2D eigenvalue weighted by Crippen LogP contribution is -2.45. The molecule has 5 atom stereocenters. The quantitative estimate of drug-likeness (QED) is 0.126. The largest absolute Gasteiger partial charge is 0.395 e. The van der Waals surface area contributed by atoms with E-state index in [-0.39, 0.29) is 30.5 Å². The number of fused-ring (bicyclic) bond motifs is 3. The second-order valence-electron chi connectivity index (χ2n) is 14.6. The van der Waals surface area contributed by atoms with Gasteiger partial charge < -0.3 is 18.9 Å². The van der Waals surface area contributed by atoms with Crippen molar-refractivity contribution in [2.24, 2.45) is 5.92 Å². The fraction of sp³-hybridized carbons (Fsp3) is 0.293. The van der Waals surface area contributed by atoms with Crippen molar-refractivity contribution >= 4 is 30.8 Å². The summed E-state index contributed by atoms with van der Waals surface area (Å²) in [7, 11) is -3.38. The number of carbonyl (C=O) groups is 1. The molecule has 2 aliphatic heterocycles. The lowest BCUT2D eigenvalue weighted by Gasteiger charge is -2.31. The number of para-hydroxylation sites is 1. The van der Waals surface area contributed by atoms with E-state index in [9.17, 15) is 14.7 Å². The summed E-state index contributed by atoms with van der Waals surface area (Å²) >= 11 is 0. The molecule has 270 valence electrons. The van der Waals surface area contributed by atoms with E-state index in [2.05, 4.69) is 15.4 Å². The first-order valence-corrected chi connectivity index (χ1v) is 21.0. The number of halogens is 1. The van der Waals surface area contributed by atoms with E-state index in [0.717, 1.165) is 27.8 Å². The van der Waals surface area contributed by atoms with Crippen LogP contribution in [0.4, 0.5) is 9.80 Å². The maximum absolute atomic E-state index is 16.4. The highest BCUT2D eigenvalue weighted by atomic mass is 28.4. The Kier molecular flexibility index (Phi) is 8.92. The molecule has 4 heterocycles. The van der Waals surface area contributed by atoms with Crippen LogP contribution in [0.25, 0.3) is 16.5 Å². The zero-order chi connectivity index (χ0) is 36.9. The van der Waals surface area contributed by atoms with Gasteiger partial charge in [0.2, 0.25) is 8.41 Å². The molecular weight excluding hydrogens is 688 g/mol. The minimum Gasteiger partial charge on any atom is -0.395 e. The minimum absolute atomic E-state index is 0.112. The van der Waals surface area contributed by atoms with Crippen molar-refractivity contribution in [3.8, 4) is 5.69 Å². The van der Waals surface area contributed by atoms with Crippen LogP contribution in [-0.2, 0) is 28.2 Å². The first kappa shape index (κ1) is 34.8. The highest BCUT2D eigenvalue weighted by molar-refractivity contribution is 6.72. The molecule has 2 aromatic heterocycles. The molecule has 8 rings (SSSR count). The number of amides is 1. The van der Waals surface area contributed by atoms with Crippen LogP contribution in [0, 0.1) is 5.92 Å². The van der Waals surface area contributed by atoms with Crippen LogP contribution in [0.3, 0.4) is 0 Å². The Morgan fingerprint density at radius 3 is 2.51 bits per heavy atom. The van der Waals surface area contributed by atoms with Gasteiger partial charge in [-0.15, -0.1) is 5.10 Å². The van der Waals surface area contributed by atoms with E-state index in [1.165, 1.54) is 4.68 Å². The SMILES string of the molecule is C[C@H]1[C@H]([Si](C)(C)F)[C@@H](CCn2cc(C(CO)c3ccccc3)nn2)O[C@]12C(=O)N(Cc1cccc(-n3ncc4ccccc4c3=O)c1)c1ccccc12. The van der Waals surface area contributed by atoms with Crippen molar-refractivity contribution < 1.29 is 18.7 Å². The van der Waals surface area contributed by atoms with E-state index in [4.69, 9.17) is 4.74 Å². The van der Waals surface area contributed by atoms with Crippen LogP contribution in [0.15, 0.2) is 120 Å². The van der Waals surface area contributed by atoms with Gasteiger partial charge >= 0.3 is 0 Å². The summed E-state index contributed by atoms with van der Waals surface area (Å²) in [6, 6.07) is 32.1. The average molecular weight is 729 g/mol. The predicted octanol–water partition coefficient (Wildman–Crippen LogP) is 6.51. The third-order valence-corrected chi connectivity index (χ3v) is 13.5. The molecular formula is C41H41FN6O4Si. The van der Waals surface area contributed by atoms with Crippen LogP contribution >= 0.6 is 0 Å². The summed E-state index contributed by atoms with van der Waals surface area (Å²) in [6.07, 6.45) is 3.38. The van der Waals surface area contributed by atoms with Gasteiger partial charge in [-0.1, -0.05) is 91.0 Å². The standard InChI is InChI=1S/C41H41FN6O4Si/c1-27-38(53(2,3)42)37(20-21-46-25-35(44-45-46)33(26-49)29-13-5-4-6-14-29)52-41(27)34-18-9-10-19-36(34)47(40(41)51)24-28-12-11-16-31(22-28)48-39(50)32-17-8-7-15-30(32)23-43-48/h4-19,22-23,25,27,33,37-38,49H,20-21,24,26H2,1-3H3/t27-,33?,37+,38-,41+/m0/s1. The van der Waals surface area contributed by atoms with Crippen LogP contribution in [-0.4, -0.2) is 56.9 Å². The van der Waals surface area contributed by atoms with Crippen molar-refractivity contribution in [2.45, 2.75) is 62.7 Å². The summed E-state index contributed by atoms with van der Waals surface area (Å²) in [5.41, 5.74) is 2.40. The zero-order valence-corrected chi connectivity index (χ0v) is 30.8. The Bertz CT molecular complexity index is 2360. The molecule has 1 N–H and O–H groups in total. The fourth-order valence-corrected chi connectivity index (χ4v) is 11.1. The molecule has 0 radical (unpaired) electrons. The summed E-state index contributed by atoms with van der Waals surface area (Å²) < 4.78 is 26.4. The number of benzene rings is 4. The lowest BCUT2D eigenvalue weighted by atomic mass is 9.82. The average Bonchev–Trinajstić information content (AvgIpc) is 3.82. The maximum Gasteiger partial charge on any atom is 0.279 e. The number of ether oxygens (including phenoxy) is 1. The normalized spacial score (nSPS) is 21.8. The van der Waals surface area contributed by atoms with Gasteiger partial charge in [-0.3, -0.25) is 14.3 Å². The fourth-order valence-electron chi connectivity index (χ4n) is 8.57. The first-order valence-electron chi connectivity index (χ1n) is 18.0. The Labute approximate surface area is 307 Å². The molecule has 1 spiro atoms. The number of aliphatic hydroxyl groups is 1. The minimum atomic E-state index is -3.38. The molecule has 1 fully saturated rings. The molecule has 53 heavy (non-hydrogen) atoms. The number of anilines is 1. The monoisotopic (exact) mass is 728 g/mol. The number of carbonyl (C=O) groups excluding carboxylic acids is 1. The van der Waals surface area contributed by atoms with Crippen molar-refractivity contribution in [2.75, 3.05) is 11.5 Å². The molecule has 6 aromatic rings. The summed E-state index contributed by atoms with van der Waals surface area (Å²) in [4.78, 5) is 30.0. The van der Waals surface area contributed by atoms with Crippen molar-refractivity contribution in [3.05, 3.63) is 148 Å². The number of hydrogen-bond acceptors (Lipinski definition) is 7. The van der Waals surface area contributed by atoms with Gasteiger partial charge in [0, 0.05) is 35.2 Å². The predicted molar refractivity (Wildman–Crippen MR) is 203 cm³/mol. The molecule has 12 heteroatoms. The maximum atomic E-state index is 16.4. The van der Waals surface area contributed by atoms with E-state index in [0.29, 0.717) is 29.7 Å². The first-order chi connectivity index (χ1) is 25.6. The number of aromatic nitrogens is 5. The topological polar surface area (TPSA) is 115 Å². The second-order valence-corrected chi connectivity index (χ2v) is 18.4. The zero-order valence-electron chi connectivity index (χ0n) is 29.8. The molecule has 2 aliphatic rings.